The number of fused-ring (bicyclic) bond motifs is 1. The molecular formula is C17H20N6OS. The number of rotatable bonds is 2. The van der Waals surface area contributed by atoms with E-state index < -0.39 is 0 Å². The SMILES string of the molecule is Cc1cc(C)n2nc(C)c(C(=O)N3CCN(c4nccs4)CC3)c2n1. The molecule has 1 fully saturated rings. The first-order chi connectivity index (χ1) is 12.0. The first-order valence-electron chi connectivity index (χ1n) is 8.32. The fraction of sp³-hybridized carbons (Fsp3) is 0.412. The topological polar surface area (TPSA) is 66.6 Å². The maximum Gasteiger partial charge on any atom is 0.259 e. The van der Waals surface area contributed by atoms with Crippen molar-refractivity contribution in [2.24, 2.45) is 0 Å². The molecule has 8 heteroatoms. The number of aryl methyl sites for hydroxylation is 3. The Balaban J connectivity index is 1.60. The molecule has 1 saturated heterocycles. The van der Waals surface area contributed by atoms with Crippen LogP contribution in [0.3, 0.4) is 0 Å². The Morgan fingerprint density at radius 2 is 1.92 bits per heavy atom. The van der Waals surface area contributed by atoms with Gasteiger partial charge in [0.15, 0.2) is 10.8 Å². The van der Waals surface area contributed by atoms with Gasteiger partial charge < -0.3 is 9.80 Å². The van der Waals surface area contributed by atoms with Gasteiger partial charge in [-0.15, -0.1) is 11.3 Å². The minimum Gasteiger partial charge on any atom is -0.345 e. The number of aromatic nitrogens is 4. The molecule has 0 aliphatic carbocycles. The molecule has 0 spiro atoms. The van der Waals surface area contributed by atoms with Gasteiger partial charge in [0.1, 0.15) is 5.56 Å². The summed E-state index contributed by atoms with van der Waals surface area (Å²) in [5.74, 6) is 0.0174. The van der Waals surface area contributed by atoms with Crippen molar-refractivity contribution in [1.29, 1.82) is 0 Å². The van der Waals surface area contributed by atoms with Crippen molar-refractivity contribution in [3.8, 4) is 0 Å². The molecule has 0 aromatic carbocycles. The van der Waals surface area contributed by atoms with E-state index in [1.165, 1.54) is 0 Å². The number of hydrogen-bond donors (Lipinski definition) is 0. The number of amides is 1. The monoisotopic (exact) mass is 356 g/mol. The van der Waals surface area contributed by atoms with Gasteiger partial charge in [-0.3, -0.25) is 4.79 Å². The maximum atomic E-state index is 13.1. The van der Waals surface area contributed by atoms with E-state index in [1.54, 1.807) is 15.9 Å². The van der Waals surface area contributed by atoms with Crippen LogP contribution in [-0.2, 0) is 0 Å². The summed E-state index contributed by atoms with van der Waals surface area (Å²) in [6.07, 6.45) is 1.82. The number of hydrogen-bond acceptors (Lipinski definition) is 6. The number of thiazole rings is 1. The third-order valence-electron chi connectivity index (χ3n) is 4.54. The van der Waals surface area contributed by atoms with Gasteiger partial charge in [-0.05, 0) is 26.8 Å². The summed E-state index contributed by atoms with van der Waals surface area (Å²) in [6, 6.07) is 1.97. The smallest absolute Gasteiger partial charge is 0.259 e. The first-order valence-corrected chi connectivity index (χ1v) is 9.20. The molecule has 7 nitrogen and oxygen atoms in total. The Bertz CT molecular complexity index is 924. The van der Waals surface area contributed by atoms with Crippen molar-refractivity contribution in [2.45, 2.75) is 20.8 Å². The summed E-state index contributed by atoms with van der Waals surface area (Å²) < 4.78 is 1.77. The predicted octanol–water partition coefficient (Wildman–Crippen LogP) is 2.07. The van der Waals surface area contributed by atoms with E-state index in [-0.39, 0.29) is 5.91 Å². The van der Waals surface area contributed by atoms with E-state index in [1.807, 2.05) is 43.3 Å². The molecule has 4 rings (SSSR count). The van der Waals surface area contributed by atoms with Crippen LogP contribution < -0.4 is 4.90 Å². The van der Waals surface area contributed by atoms with Crippen molar-refractivity contribution in [3.63, 3.8) is 0 Å². The zero-order valence-electron chi connectivity index (χ0n) is 14.6. The molecule has 3 aromatic rings. The molecular weight excluding hydrogens is 336 g/mol. The number of anilines is 1. The van der Waals surface area contributed by atoms with Crippen molar-refractivity contribution in [2.75, 3.05) is 31.1 Å². The lowest BCUT2D eigenvalue weighted by Gasteiger charge is -2.34. The summed E-state index contributed by atoms with van der Waals surface area (Å²) in [6.45, 7) is 8.75. The third kappa shape index (κ3) is 2.76. The Morgan fingerprint density at radius 3 is 2.60 bits per heavy atom. The summed E-state index contributed by atoms with van der Waals surface area (Å²) >= 11 is 1.63. The zero-order valence-corrected chi connectivity index (χ0v) is 15.4. The van der Waals surface area contributed by atoms with Crippen molar-refractivity contribution >= 4 is 28.0 Å². The highest BCUT2D eigenvalue weighted by atomic mass is 32.1. The summed E-state index contributed by atoms with van der Waals surface area (Å²) in [7, 11) is 0. The van der Waals surface area contributed by atoms with Crippen LogP contribution >= 0.6 is 11.3 Å². The first kappa shape index (κ1) is 16.0. The molecule has 4 heterocycles. The Morgan fingerprint density at radius 1 is 1.16 bits per heavy atom. The highest BCUT2D eigenvalue weighted by Crippen LogP contribution is 2.22. The van der Waals surface area contributed by atoms with E-state index in [4.69, 9.17) is 0 Å². The molecule has 0 saturated carbocycles. The van der Waals surface area contributed by atoms with Gasteiger partial charge >= 0.3 is 0 Å². The van der Waals surface area contributed by atoms with Gasteiger partial charge in [0.25, 0.3) is 5.91 Å². The molecule has 0 atom stereocenters. The minimum atomic E-state index is 0.0174. The van der Waals surface area contributed by atoms with E-state index in [0.717, 1.165) is 35.3 Å². The second kappa shape index (κ2) is 6.11. The van der Waals surface area contributed by atoms with Crippen molar-refractivity contribution in [3.05, 3.63) is 40.3 Å². The van der Waals surface area contributed by atoms with Crippen LogP contribution in [0.1, 0.15) is 27.4 Å². The molecule has 25 heavy (non-hydrogen) atoms. The van der Waals surface area contributed by atoms with Gasteiger partial charge in [0.05, 0.1) is 5.69 Å². The number of nitrogens with zero attached hydrogens (tertiary/aromatic N) is 6. The quantitative estimate of drug-likeness (QED) is 0.703. The van der Waals surface area contributed by atoms with Crippen molar-refractivity contribution < 1.29 is 4.79 Å². The normalized spacial score (nSPS) is 15.2. The lowest BCUT2D eigenvalue weighted by atomic mass is 10.2. The lowest BCUT2D eigenvalue weighted by Crippen LogP contribution is -2.48. The molecule has 130 valence electrons. The van der Waals surface area contributed by atoms with E-state index in [2.05, 4.69) is 20.0 Å². The minimum absolute atomic E-state index is 0.0174. The number of piperazine rings is 1. The highest BCUT2D eigenvalue weighted by molar-refractivity contribution is 7.13. The predicted molar refractivity (Wildman–Crippen MR) is 97.4 cm³/mol. The fourth-order valence-corrected chi connectivity index (χ4v) is 4.01. The third-order valence-corrected chi connectivity index (χ3v) is 5.37. The van der Waals surface area contributed by atoms with Crippen molar-refractivity contribution in [1.82, 2.24) is 24.5 Å². The van der Waals surface area contributed by atoms with Gasteiger partial charge in [-0.1, -0.05) is 0 Å². The average molecular weight is 356 g/mol. The van der Waals surface area contributed by atoms with Gasteiger partial charge in [-0.25, -0.2) is 14.5 Å². The van der Waals surface area contributed by atoms with Crippen LogP contribution in [0, 0.1) is 20.8 Å². The molecule has 0 N–H and O–H groups in total. The molecule has 1 aliphatic heterocycles. The second-order valence-electron chi connectivity index (χ2n) is 6.33. The fourth-order valence-electron chi connectivity index (χ4n) is 3.31. The lowest BCUT2D eigenvalue weighted by molar-refractivity contribution is 0.0748. The number of carbonyl (C=O) groups is 1. The molecule has 1 amide bonds. The van der Waals surface area contributed by atoms with Crippen LogP contribution in [0.5, 0.6) is 0 Å². The summed E-state index contributed by atoms with van der Waals surface area (Å²) in [5.41, 5.74) is 3.89. The largest absolute Gasteiger partial charge is 0.345 e. The number of carbonyl (C=O) groups excluding carboxylic acids is 1. The summed E-state index contributed by atoms with van der Waals surface area (Å²) in [4.78, 5) is 26.1. The Kier molecular flexibility index (Phi) is 3.91. The second-order valence-corrected chi connectivity index (χ2v) is 7.20. The van der Waals surface area contributed by atoms with Crippen LogP contribution in [0.4, 0.5) is 5.13 Å². The summed E-state index contributed by atoms with van der Waals surface area (Å²) in [5, 5.41) is 7.51. The molecule has 0 bridgehead atoms. The molecule has 0 unspecified atom stereocenters. The molecule has 3 aromatic heterocycles. The van der Waals surface area contributed by atoms with E-state index in [9.17, 15) is 4.79 Å². The van der Waals surface area contributed by atoms with Crippen LogP contribution in [0.15, 0.2) is 17.6 Å². The Hall–Kier alpha value is -2.48. The standard InChI is InChI=1S/C17H20N6OS/c1-11-10-12(2)23-15(19-11)14(13(3)20-23)16(24)21-5-7-22(8-6-21)17-18-4-9-25-17/h4,9-10H,5-8H2,1-3H3. The Labute approximate surface area is 149 Å². The van der Waals surface area contributed by atoms with Crippen LogP contribution in [-0.4, -0.2) is 56.6 Å². The highest BCUT2D eigenvalue weighted by Gasteiger charge is 2.28. The van der Waals surface area contributed by atoms with Gasteiger partial charge in [0, 0.05) is 49.1 Å². The zero-order chi connectivity index (χ0) is 17.6. The molecule has 1 aliphatic rings. The van der Waals surface area contributed by atoms with Crippen LogP contribution in [0.2, 0.25) is 0 Å². The van der Waals surface area contributed by atoms with E-state index in [0.29, 0.717) is 24.3 Å². The molecule has 0 radical (unpaired) electrons. The van der Waals surface area contributed by atoms with Gasteiger partial charge in [-0.2, -0.15) is 5.10 Å². The van der Waals surface area contributed by atoms with E-state index >= 15 is 0 Å². The average Bonchev–Trinajstić information content (AvgIpc) is 3.22. The van der Waals surface area contributed by atoms with Crippen LogP contribution in [0.25, 0.3) is 5.65 Å². The maximum absolute atomic E-state index is 13.1. The van der Waals surface area contributed by atoms with Gasteiger partial charge in [0.2, 0.25) is 0 Å².